The molecule has 0 amide bonds. The fraction of sp³-hybridized carbons (Fsp3) is 0.444. The first-order chi connectivity index (χ1) is 8.93. The molecule has 0 radical (unpaired) electrons. The van der Waals surface area contributed by atoms with Gasteiger partial charge in [-0.1, -0.05) is 29.9 Å². The van der Waals surface area contributed by atoms with Gasteiger partial charge >= 0.3 is 0 Å². The summed E-state index contributed by atoms with van der Waals surface area (Å²) in [7, 11) is 1.65. The molecule has 1 fully saturated rings. The summed E-state index contributed by atoms with van der Waals surface area (Å²) < 4.78 is 5.63. The van der Waals surface area contributed by atoms with Crippen LogP contribution in [0.2, 0.25) is 0 Å². The number of halogens is 1. The first-order valence-corrected chi connectivity index (χ1v) is 6.33. The Labute approximate surface area is 119 Å². The molecule has 1 heterocycles. The molecule has 19 heavy (non-hydrogen) atoms. The maximum absolute atomic E-state index is 10.5. The first-order valence-electron chi connectivity index (χ1n) is 5.14. The third kappa shape index (κ3) is 4.97. The summed E-state index contributed by atoms with van der Waals surface area (Å²) in [5.74, 6) is 0.205. The molecular weight excluding hydrogens is 294 g/mol. The highest BCUT2D eigenvalue weighted by Gasteiger charge is 2.25. The van der Waals surface area contributed by atoms with Gasteiger partial charge < -0.3 is 20.3 Å². The lowest BCUT2D eigenvalue weighted by Gasteiger charge is -2.34. The number of thioether (sulfide) groups is 1. The molecule has 1 saturated heterocycles. The summed E-state index contributed by atoms with van der Waals surface area (Å²) in [5.41, 5.74) is 5.48. The van der Waals surface area contributed by atoms with Crippen molar-refractivity contribution in [3.05, 3.63) is 32.2 Å². The first kappa shape index (κ1) is 15.6. The Morgan fingerprint density at radius 1 is 1.79 bits per heavy atom. The molecule has 0 atom stereocenters. The Kier molecular flexibility index (Phi) is 5.93. The van der Waals surface area contributed by atoms with E-state index in [0.29, 0.717) is 15.8 Å². The highest BCUT2D eigenvalue weighted by Crippen LogP contribution is 2.27. The summed E-state index contributed by atoms with van der Waals surface area (Å²) in [6.45, 7) is 4.27. The largest absolute Gasteiger partial charge is 0.404 e. The van der Waals surface area contributed by atoms with Crippen molar-refractivity contribution in [3.63, 3.8) is 0 Å². The number of hydrazone groups is 1. The van der Waals surface area contributed by atoms with E-state index in [2.05, 4.69) is 11.7 Å². The maximum atomic E-state index is 10.5. The minimum Gasteiger partial charge on any atom is -0.404 e. The highest BCUT2D eigenvalue weighted by molar-refractivity contribution is 8.08. The van der Waals surface area contributed by atoms with Crippen LogP contribution in [-0.2, 0) is 4.74 Å². The predicted molar refractivity (Wildman–Crippen MR) is 74.6 cm³/mol. The number of hydrogen-bond acceptors (Lipinski definition) is 5. The fourth-order valence-electron chi connectivity index (χ4n) is 1.42. The second-order valence-corrected chi connectivity index (χ2v) is 5.49. The van der Waals surface area contributed by atoms with Crippen molar-refractivity contribution >= 4 is 29.3 Å². The van der Waals surface area contributed by atoms with Crippen LogP contribution in [-0.4, -0.2) is 47.8 Å². The van der Waals surface area contributed by atoms with Crippen LogP contribution in [0.25, 0.3) is 0 Å². The molecule has 1 aliphatic heterocycles. The molecule has 0 unspecified atom stereocenters. The average Bonchev–Trinajstić information content (AvgIpc) is 2.31. The summed E-state index contributed by atoms with van der Waals surface area (Å²) in [6.07, 6.45) is 1.37. The van der Waals surface area contributed by atoms with Gasteiger partial charge in [-0.15, -0.1) is 0 Å². The van der Waals surface area contributed by atoms with Gasteiger partial charge in [0.15, 0.2) is 5.03 Å². The van der Waals surface area contributed by atoms with Gasteiger partial charge in [-0.05, 0) is 0 Å². The van der Waals surface area contributed by atoms with Gasteiger partial charge in [0.2, 0.25) is 0 Å². The number of nitrogens with two attached hydrogens (primary N) is 1. The van der Waals surface area contributed by atoms with E-state index < -0.39 is 5.03 Å². The Bertz CT molecular complexity index is 428. The molecular formula is C9H14ClN5O3S. The minimum absolute atomic E-state index is 0.184. The molecule has 0 aromatic rings. The molecule has 2 N–H and O–H groups in total. The van der Waals surface area contributed by atoms with Gasteiger partial charge in [-0.25, -0.2) is 10.1 Å². The number of ether oxygens (including phenoxy) is 1. The van der Waals surface area contributed by atoms with Crippen molar-refractivity contribution in [2.45, 2.75) is 0 Å². The Morgan fingerprint density at radius 2 is 2.47 bits per heavy atom. The van der Waals surface area contributed by atoms with Crippen LogP contribution in [0, 0.1) is 10.1 Å². The van der Waals surface area contributed by atoms with E-state index in [1.165, 1.54) is 22.9 Å². The monoisotopic (exact) mass is 307 g/mol. The molecule has 1 rings (SSSR count). The van der Waals surface area contributed by atoms with Crippen LogP contribution in [0.4, 0.5) is 0 Å². The fourth-order valence-corrected chi connectivity index (χ4v) is 2.29. The van der Waals surface area contributed by atoms with Gasteiger partial charge in [0.25, 0.3) is 5.96 Å². The Hall–Kier alpha value is -1.45. The highest BCUT2D eigenvalue weighted by atomic mass is 35.5. The van der Waals surface area contributed by atoms with E-state index in [9.17, 15) is 10.1 Å². The van der Waals surface area contributed by atoms with Crippen molar-refractivity contribution in [1.82, 2.24) is 9.80 Å². The van der Waals surface area contributed by atoms with Crippen LogP contribution >= 0.6 is 23.4 Å². The second kappa shape index (κ2) is 7.22. The molecule has 0 bridgehead atoms. The third-order valence-electron chi connectivity index (χ3n) is 2.10. The molecule has 0 aliphatic carbocycles. The van der Waals surface area contributed by atoms with Crippen LogP contribution in [0.15, 0.2) is 27.1 Å². The zero-order valence-electron chi connectivity index (χ0n) is 10.3. The Balaban J connectivity index is 2.83. The van der Waals surface area contributed by atoms with Gasteiger partial charge in [0, 0.05) is 18.2 Å². The van der Waals surface area contributed by atoms with E-state index in [4.69, 9.17) is 22.1 Å². The zero-order valence-corrected chi connectivity index (χ0v) is 11.9. The normalized spacial score (nSPS) is 18.8. The molecule has 0 saturated carbocycles. The van der Waals surface area contributed by atoms with Crippen LogP contribution < -0.4 is 5.73 Å². The van der Waals surface area contributed by atoms with Gasteiger partial charge in [-0.3, -0.25) is 0 Å². The molecule has 106 valence electrons. The SMILES string of the molecule is C=C(Cl)S/C(=C\N)CN1COCN(C)/C1=N\[N+](=O)[O-]. The number of nitro groups is 1. The predicted octanol–water partition coefficient (Wildman–Crippen LogP) is 0.956. The standard InChI is InChI=1S/C9H14ClN5O3S/c1-7(10)19-8(3-11)4-14-6-18-5-13(2)9(14)12-15(16)17/h3H,1,4-6,11H2,2H3/b8-3-,12-9+. The van der Waals surface area contributed by atoms with Crippen LogP contribution in [0.1, 0.15) is 0 Å². The lowest BCUT2D eigenvalue weighted by atomic mass is 10.5. The lowest BCUT2D eigenvalue weighted by Crippen LogP contribution is -2.50. The van der Waals surface area contributed by atoms with E-state index >= 15 is 0 Å². The van der Waals surface area contributed by atoms with E-state index in [-0.39, 0.29) is 19.4 Å². The molecule has 0 aromatic heterocycles. The molecule has 1 aliphatic rings. The number of rotatable bonds is 5. The second-order valence-electron chi connectivity index (χ2n) is 3.59. The summed E-state index contributed by atoms with van der Waals surface area (Å²) in [5, 5.41) is 13.1. The number of guanidine groups is 1. The van der Waals surface area contributed by atoms with Gasteiger partial charge in [0.1, 0.15) is 18.6 Å². The zero-order chi connectivity index (χ0) is 14.4. The van der Waals surface area contributed by atoms with Crippen molar-refractivity contribution < 1.29 is 9.77 Å². The van der Waals surface area contributed by atoms with Crippen molar-refractivity contribution in [2.24, 2.45) is 10.8 Å². The molecule has 0 aromatic carbocycles. The van der Waals surface area contributed by atoms with Crippen molar-refractivity contribution in [1.29, 1.82) is 0 Å². The smallest absolute Gasteiger partial charge is 0.277 e. The average molecular weight is 308 g/mol. The quantitative estimate of drug-likeness (QED) is 0.596. The lowest BCUT2D eigenvalue weighted by molar-refractivity contribution is -0.486. The third-order valence-corrected chi connectivity index (χ3v) is 3.08. The van der Waals surface area contributed by atoms with Crippen molar-refractivity contribution in [2.75, 3.05) is 27.1 Å². The Morgan fingerprint density at radius 3 is 3.00 bits per heavy atom. The van der Waals surface area contributed by atoms with E-state index in [1.807, 2.05) is 0 Å². The summed E-state index contributed by atoms with van der Waals surface area (Å²) in [6, 6.07) is 0. The molecule has 10 heteroatoms. The number of nitrogens with zero attached hydrogens (tertiary/aromatic N) is 4. The van der Waals surface area contributed by atoms with Gasteiger partial charge in [-0.2, -0.15) is 0 Å². The maximum Gasteiger partial charge on any atom is 0.277 e. The minimum atomic E-state index is -0.746. The number of hydrogen-bond donors (Lipinski definition) is 1. The topological polar surface area (TPSA) is 97.2 Å². The van der Waals surface area contributed by atoms with Crippen LogP contribution in [0.3, 0.4) is 0 Å². The molecule has 8 nitrogen and oxygen atoms in total. The van der Waals surface area contributed by atoms with Gasteiger partial charge in [0.05, 0.1) is 10.9 Å². The summed E-state index contributed by atoms with van der Waals surface area (Å²) in [4.78, 5) is 14.3. The van der Waals surface area contributed by atoms with Crippen LogP contribution in [0.5, 0.6) is 0 Å². The van der Waals surface area contributed by atoms with E-state index in [0.717, 1.165) is 0 Å². The molecule has 0 spiro atoms. The van der Waals surface area contributed by atoms with E-state index in [1.54, 1.807) is 11.9 Å². The van der Waals surface area contributed by atoms with Crippen molar-refractivity contribution in [3.8, 4) is 0 Å². The summed E-state index contributed by atoms with van der Waals surface area (Å²) >= 11 is 6.87.